The maximum atomic E-state index is 12.7. The van der Waals surface area contributed by atoms with E-state index < -0.39 is 0 Å². The molecule has 5 heteroatoms. The van der Waals surface area contributed by atoms with Gasteiger partial charge in [-0.2, -0.15) is 0 Å². The Bertz CT molecular complexity index is 677. The van der Waals surface area contributed by atoms with Gasteiger partial charge in [-0.3, -0.25) is 4.79 Å². The quantitative estimate of drug-likeness (QED) is 0.791. The van der Waals surface area contributed by atoms with E-state index in [2.05, 4.69) is 55.0 Å². The topological polar surface area (TPSA) is 47.6 Å². The summed E-state index contributed by atoms with van der Waals surface area (Å²) in [4.78, 5) is 12.7. The molecule has 1 aromatic carbocycles. The van der Waals surface area contributed by atoms with E-state index in [1.165, 1.54) is 5.57 Å². The van der Waals surface area contributed by atoms with Crippen molar-refractivity contribution in [3.63, 3.8) is 0 Å². The molecule has 0 bridgehead atoms. The minimum absolute atomic E-state index is 0.00164. The highest BCUT2D eigenvalue weighted by Crippen LogP contribution is 2.59. The lowest BCUT2D eigenvalue weighted by atomic mass is 10.1. The molecule has 124 valence electrons. The smallest absolute Gasteiger partial charge is 0.228 e. The fourth-order valence-electron chi connectivity index (χ4n) is 3.22. The van der Waals surface area contributed by atoms with Crippen LogP contribution < -0.4 is 14.8 Å². The van der Waals surface area contributed by atoms with Crippen molar-refractivity contribution in [2.24, 2.45) is 17.3 Å². The van der Waals surface area contributed by atoms with Gasteiger partial charge >= 0.3 is 0 Å². The second kappa shape index (κ2) is 5.86. The van der Waals surface area contributed by atoms with Crippen molar-refractivity contribution < 1.29 is 14.3 Å². The average molecular weight is 380 g/mol. The zero-order valence-electron chi connectivity index (χ0n) is 13.9. The van der Waals surface area contributed by atoms with Gasteiger partial charge in [0.25, 0.3) is 0 Å². The monoisotopic (exact) mass is 379 g/mol. The Morgan fingerprint density at radius 2 is 1.87 bits per heavy atom. The average Bonchev–Trinajstić information content (AvgIpc) is 2.99. The first-order chi connectivity index (χ1) is 10.8. The predicted molar refractivity (Wildman–Crippen MR) is 94.0 cm³/mol. The Kier molecular flexibility index (Phi) is 4.17. The Labute approximate surface area is 145 Å². The SMILES string of the molecule is CC(C)=C[C@H]1[C@@H](C(=O)Nc2cc3c(cc2Br)OCCO3)C1(C)C. The zero-order chi connectivity index (χ0) is 16.8. The number of hydrogen-bond acceptors (Lipinski definition) is 3. The highest BCUT2D eigenvalue weighted by molar-refractivity contribution is 9.10. The number of hydrogen-bond donors (Lipinski definition) is 1. The molecule has 2 aliphatic rings. The highest BCUT2D eigenvalue weighted by Gasteiger charge is 2.60. The first-order valence-corrected chi connectivity index (χ1v) is 8.65. The van der Waals surface area contributed by atoms with E-state index in [4.69, 9.17) is 9.47 Å². The first-order valence-electron chi connectivity index (χ1n) is 7.85. The fraction of sp³-hybridized carbons (Fsp3) is 0.500. The number of halogens is 1. The summed E-state index contributed by atoms with van der Waals surface area (Å²) in [6.45, 7) is 9.49. The van der Waals surface area contributed by atoms with Gasteiger partial charge in [-0.15, -0.1) is 0 Å². The number of ether oxygens (including phenoxy) is 2. The number of benzene rings is 1. The third-order valence-electron chi connectivity index (χ3n) is 4.60. The van der Waals surface area contributed by atoms with Crippen LogP contribution in [0.25, 0.3) is 0 Å². The zero-order valence-corrected chi connectivity index (χ0v) is 15.5. The van der Waals surface area contributed by atoms with Crippen molar-refractivity contribution in [1.29, 1.82) is 0 Å². The molecule has 0 unspecified atom stereocenters. The molecule has 4 nitrogen and oxygen atoms in total. The summed E-state index contributed by atoms with van der Waals surface area (Å²) in [5, 5.41) is 3.03. The molecule has 0 aromatic heterocycles. The molecule has 1 fully saturated rings. The van der Waals surface area contributed by atoms with Crippen LogP contribution in [0, 0.1) is 17.3 Å². The van der Waals surface area contributed by atoms with Gasteiger partial charge in [0.2, 0.25) is 5.91 Å². The molecular formula is C18H22BrNO3. The Morgan fingerprint density at radius 1 is 1.26 bits per heavy atom. The van der Waals surface area contributed by atoms with E-state index in [9.17, 15) is 4.79 Å². The molecule has 23 heavy (non-hydrogen) atoms. The molecular weight excluding hydrogens is 358 g/mol. The lowest BCUT2D eigenvalue weighted by Gasteiger charge is -2.20. The van der Waals surface area contributed by atoms with Gasteiger partial charge < -0.3 is 14.8 Å². The number of nitrogens with one attached hydrogen (secondary N) is 1. The largest absolute Gasteiger partial charge is 0.486 e. The summed E-state index contributed by atoms with van der Waals surface area (Å²) in [7, 11) is 0. The van der Waals surface area contributed by atoms with Crippen molar-refractivity contribution in [2.45, 2.75) is 27.7 Å². The Hall–Kier alpha value is -1.49. The van der Waals surface area contributed by atoms with Crippen LogP contribution in [0.5, 0.6) is 11.5 Å². The lowest BCUT2D eigenvalue weighted by molar-refractivity contribution is -0.118. The number of anilines is 1. The number of carbonyl (C=O) groups is 1. The van der Waals surface area contributed by atoms with Gasteiger partial charge in [0.05, 0.1) is 11.6 Å². The maximum absolute atomic E-state index is 12.7. The van der Waals surface area contributed by atoms with Crippen LogP contribution in [0.2, 0.25) is 0 Å². The van der Waals surface area contributed by atoms with Gasteiger partial charge in [-0.05, 0) is 41.1 Å². The normalized spacial score (nSPS) is 23.9. The molecule has 1 N–H and O–H groups in total. The van der Waals surface area contributed by atoms with Crippen molar-refractivity contribution >= 4 is 27.5 Å². The van der Waals surface area contributed by atoms with Crippen LogP contribution in [0.1, 0.15) is 27.7 Å². The molecule has 0 radical (unpaired) electrons. The summed E-state index contributed by atoms with van der Waals surface area (Å²) >= 11 is 3.50. The second-order valence-electron chi connectivity index (χ2n) is 7.03. The molecule has 2 atom stereocenters. The number of amides is 1. The summed E-state index contributed by atoms with van der Waals surface area (Å²) in [6, 6.07) is 3.66. The van der Waals surface area contributed by atoms with Gasteiger partial charge in [-0.25, -0.2) is 0 Å². The van der Waals surface area contributed by atoms with Crippen molar-refractivity contribution in [3.05, 3.63) is 28.3 Å². The van der Waals surface area contributed by atoms with Crippen LogP contribution in [-0.2, 0) is 4.79 Å². The summed E-state index contributed by atoms with van der Waals surface area (Å²) in [5.41, 5.74) is 1.97. The highest BCUT2D eigenvalue weighted by atomic mass is 79.9. The number of carbonyl (C=O) groups excluding carboxylic acids is 1. The molecule has 1 aliphatic heterocycles. The third kappa shape index (κ3) is 3.11. The third-order valence-corrected chi connectivity index (χ3v) is 5.25. The van der Waals surface area contributed by atoms with Gasteiger partial charge in [0.1, 0.15) is 13.2 Å². The summed E-state index contributed by atoms with van der Waals surface area (Å²) in [5.74, 6) is 1.72. The molecule has 1 aromatic rings. The molecule has 3 rings (SSSR count). The minimum Gasteiger partial charge on any atom is -0.486 e. The van der Waals surface area contributed by atoms with Crippen molar-refractivity contribution in [1.82, 2.24) is 0 Å². The van der Waals surface area contributed by atoms with E-state index in [-0.39, 0.29) is 17.2 Å². The maximum Gasteiger partial charge on any atom is 0.228 e. The first kappa shape index (κ1) is 16.4. The molecule has 0 spiro atoms. The fourth-order valence-corrected chi connectivity index (χ4v) is 3.64. The minimum atomic E-state index is -0.00231. The molecule has 1 amide bonds. The number of allylic oxidation sites excluding steroid dienone is 2. The van der Waals surface area contributed by atoms with E-state index in [1.54, 1.807) is 0 Å². The van der Waals surface area contributed by atoms with Crippen LogP contribution in [-0.4, -0.2) is 19.1 Å². The van der Waals surface area contributed by atoms with Gasteiger partial charge in [0, 0.05) is 16.6 Å². The van der Waals surface area contributed by atoms with Crippen LogP contribution in [0.3, 0.4) is 0 Å². The van der Waals surface area contributed by atoms with Crippen LogP contribution >= 0.6 is 15.9 Å². The number of rotatable bonds is 3. The van der Waals surface area contributed by atoms with E-state index in [1.807, 2.05) is 12.1 Å². The molecule has 1 heterocycles. The molecule has 1 saturated carbocycles. The van der Waals surface area contributed by atoms with Gasteiger partial charge in [-0.1, -0.05) is 25.5 Å². The Balaban J connectivity index is 1.78. The van der Waals surface area contributed by atoms with Crippen molar-refractivity contribution in [2.75, 3.05) is 18.5 Å². The van der Waals surface area contributed by atoms with E-state index in [0.29, 0.717) is 30.6 Å². The lowest BCUT2D eigenvalue weighted by Crippen LogP contribution is -2.19. The Morgan fingerprint density at radius 3 is 2.48 bits per heavy atom. The summed E-state index contributed by atoms with van der Waals surface area (Å²) < 4.78 is 11.9. The second-order valence-corrected chi connectivity index (χ2v) is 7.89. The van der Waals surface area contributed by atoms with Crippen LogP contribution in [0.4, 0.5) is 5.69 Å². The van der Waals surface area contributed by atoms with Gasteiger partial charge in [0.15, 0.2) is 11.5 Å². The van der Waals surface area contributed by atoms with Crippen LogP contribution in [0.15, 0.2) is 28.3 Å². The predicted octanol–water partition coefficient (Wildman–Crippen LogP) is 4.40. The number of fused-ring (bicyclic) bond motifs is 1. The van der Waals surface area contributed by atoms with Crippen molar-refractivity contribution in [3.8, 4) is 11.5 Å². The van der Waals surface area contributed by atoms with E-state index >= 15 is 0 Å². The standard InChI is InChI=1S/C18H22BrNO3/c1-10(2)7-11-16(18(11,3)4)17(21)20-13-9-15-14(8-12(13)19)22-5-6-23-15/h7-9,11,16H,5-6H2,1-4H3,(H,20,21)/t11-,16-/m0/s1. The molecule has 1 aliphatic carbocycles. The summed E-state index contributed by atoms with van der Waals surface area (Å²) in [6.07, 6.45) is 2.20. The van der Waals surface area contributed by atoms with E-state index in [0.717, 1.165) is 10.2 Å². The molecule has 0 saturated heterocycles.